The van der Waals surface area contributed by atoms with Crippen LogP contribution in [0.1, 0.15) is 170 Å². The third kappa shape index (κ3) is 15.2. The van der Waals surface area contributed by atoms with Crippen molar-refractivity contribution in [2.45, 2.75) is 193 Å². The summed E-state index contributed by atoms with van der Waals surface area (Å²) in [6, 6.07) is 26.6. The Morgan fingerprint density at radius 3 is 2.12 bits per heavy atom. The molecule has 1 aromatic heterocycles. The van der Waals surface area contributed by atoms with E-state index in [0.29, 0.717) is 80.8 Å². The second-order valence-electron chi connectivity index (χ2n) is 29.5. The number of ketones is 1. The molecule has 102 heavy (non-hydrogen) atoms. The van der Waals surface area contributed by atoms with Crippen LogP contribution in [0.3, 0.4) is 0 Å². The van der Waals surface area contributed by atoms with Gasteiger partial charge in [-0.25, -0.2) is 14.4 Å². The van der Waals surface area contributed by atoms with E-state index in [1.54, 1.807) is 82.3 Å². The molecule has 4 aromatic carbocycles. The van der Waals surface area contributed by atoms with Gasteiger partial charge in [0.25, 0.3) is 5.91 Å². The molecule has 11 atom stereocenters. The highest BCUT2D eigenvalue weighted by atomic mass is 16.6. The van der Waals surface area contributed by atoms with Gasteiger partial charge in [-0.15, -0.1) is 0 Å². The van der Waals surface area contributed by atoms with Crippen LogP contribution in [0.5, 0.6) is 11.5 Å². The molecule has 4 fully saturated rings. The van der Waals surface area contributed by atoms with Gasteiger partial charge >= 0.3 is 30.0 Å². The second kappa shape index (κ2) is 30.5. The zero-order chi connectivity index (χ0) is 74.0. The summed E-state index contributed by atoms with van der Waals surface area (Å²) in [5.41, 5.74) is -5.75. The number of hydrogen-bond acceptors (Lipinski definition) is 22. The van der Waals surface area contributed by atoms with Crippen molar-refractivity contribution in [3.8, 4) is 33.9 Å². The van der Waals surface area contributed by atoms with Gasteiger partial charge in [-0.1, -0.05) is 112 Å². The molecule has 5 aromatic rings. The lowest BCUT2D eigenvalue weighted by Gasteiger charge is -2.67. The minimum absolute atomic E-state index is 0.0183. The normalized spacial score (nSPS) is 25.2. The predicted molar refractivity (Wildman–Crippen MR) is 370 cm³/mol. The summed E-state index contributed by atoms with van der Waals surface area (Å²) in [6.45, 7) is 20.6. The number of rotatable bonds is 23. The number of carbonyl (C=O) groups is 8. The first kappa shape index (κ1) is 75.6. The topological polar surface area (TPSA) is 350 Å². The Kier molecular flexibility index (Phi) is 22.6. The lowest BCUT2D eigenvalue weighted by atomic mass is 9.44. The van der Waals surface area contributed by atoms with Crippen LogP contribution in [0.4, 0.5) is 4.79 Å². The molecule has 0 radical (unpaired) electrons. The number of aromatic nitrogens is 1. The number of nitrogens with one attached hydrogen (secondary N) is 2. The second-order valence-corrected chi connectivity index (χ2v) is 29.5. The molecule has 3 amide bonds. The van der Waals surface area contributed by atoms with Gasteiger partial charge in [0.1, 0.15) is 47.1 Å². The quantitative estimate of drug-likeness (QED) is 0.0139. The number of nitrogens with zero attached hydrogens (tertiary/aromatic N) is 3. The molecular weight excluding hydrogens is 1310 g/mol. The van der Waals surface area contributed by atoms with Crippen LogP contribution in [0.2, 0.25) is 0 Å². The number of phenols is 2. The SMILES string of the molecule is CCNC(=O)c1noc(-c2cc(C(C)C)c(O)cc2O)c1-c1ccc(CN2CCN(C(=O)CCCCCNC(=O)O[C@@H](C(=O)O[C@H]3C[C@@]4(O)[C@@H](OC(=O)c5ccccc5)[C@@H]5[C@]6(OC(C)=O)CO[C@@H]6C[C@H](O)[C@@]5(C)C(=O)[C@H](O)C(=C3C)C4(C)C)[C@@H](CC(=O)OC(C)(C)C)c3ccccc3)CC2)cc1. The van der Waals surface area contributed by atoms with Crippen molar-refractivity contribution in [3.63, 3.8) is 0 Å². The van der Waals surface area contributed by atoms with Gasteiger partial charge in [-0.3, -0.25) is 28.9 Å². The van der Waals surface area contributed by atoms with E-state index in [2.05, 4.69) is 20.7 Å². The van der Waals surface area contributed by atoms with E-state index in [4.69, 9.17) is 32.9 Å². The molecule has 2 saturated heterocycles. The molecule has 3 aliphatic carbocycles. The number of amides is 3. The van der Waals surface area contributed by atoms with Gasteiger partial charge in [-0.2, -0.15) is 0 Å². The molecule has 548 valence electrons. The molecule has 7 N–H and O–H groups in total. The molecule has 3 heterocycles. The van der Waals surface area contributed by atoms with Gasteiger partial charge < -0.3 is 74.0 Å². The van der Waals surface area contributed by atoms with Gasteiger partial charge in [0, 0.05) is 89.4 Å². The minimum Gasteiger partial charge on any atom is -0.508 e. The van der Waals surface area contributed by atoms with Gasteiger partial charge in [0.15, 0.2) is 22.8 Å². The number of phenolic OH excluding ortho intramolecular Hbond substituents is 2. The molecule has 5 aliphatic rings. The van der Waals surface area contributed by atoms with Crippen LogP contribution < -0.4 is 10.6 Å². The number of hydrogen-bond donors (Lipinski definition) is 7. The number of aliphatic hydroxyl groups is 3. The van der Waals surface area contributed by atoms with E-state index in [-0.39, 0.29) is 83.0 Å². The maximum absolute atomic E-state index is 15.4. The van der Waals surface area contributed by atoms with Crippen LogP contribution in [0.15, 0.2) is 113 Å². The van der Waals surface area contributed by atoms with Crippen molar-refractivity contribution in [2.24, 2.45) is 16.7 Å². The molecule has 2 aliphatic heterocycles. The van der Waals surface area contributed by atoms with Crippen LogP contribution >= 0.6 is 0 Å². The number of aromatic hydroxyl groups is 2. The highest BCUT2D eigenvalue weighted by molar-refractivity contribution is 6.03. The number of piperazine rings is 1. The van der Waals surface area contributed by atoms with Crippen molar-refractivity contribution < 1.29 is 96.8 Å². The number of alkyl carbamates (subject to hydrolysis) is 1. The van der Waals surface area contributed by atoms with E-state index in [1.807, 2.05) is 43.0 Å². The number of benzene rings is 4. The molecule has 0 unspecified atom stereocenters. The summed E-state index contributed by atoms with van der Waals surface area (Å²) < 4.78 is 42.5. The van der Waals surface area contributed by atoms with Gasteiger partial charge in [0.05, 0.1) is 47.2 Å². The molecule has 25 nitrogen and oxygen atoms in total. The van der Waals surface area contributed by atoms with E-state index < -0.39 is 131 Å². The first-order chi connectivity index (χ1) is 48.2. The van der Waals surface area contributed by atoms with Gasteiger partial charge in [0.2, 0.25) is 12.0 Å². The summed E-state index contributed by atoms with van der Waals surface area (Å²) >= 11 is 0. The van der Waals surface area contributed by atoms with Crippen molar-refractivity contribution in [1.29, 1.82) is 0 Å². The van der Waals surface area contributed by atoms with Gasteiger partial charge in [-0.05, 0) is 112 Å². The molecule has 2 saturated carbocycles. The standard InChI is InChI=1S/C77H95N5O20/c1-12-78-69(91)62-60(64(102-80-62)52-36-50(43(2)3)53(84)38-54(52)85)48-29-27-46(28-30-48)41-81-32-34-82(35-33-81)58(87)26-20-15-21-31-79-72(94)98-65(51(47-22-16-13-17-23-47)37-59(88)101-73(6,7)8)71(93)97-55-40-77(95)68(99-70(92)49-24-18-14-19-25-49)66-75(11,67(90)63(89)61(44(55)4)74(77,9)10)56(86)39-57-76(66,42-96-57)100-45(5)83/h13-14,16-19,22-25,27-30,36,38,43,51,55-57,63,65-66,68,84-86,89,95H,12,15,20-21,26,31-35,37,39-42H2,1-11H3,(H,78,91)(H,79,94)/t51-,55-,56-,57+,63+,65+,66-,68-,75+,76-,77+/m0/s1. The van der Waals surface area contributed by atoms with Crippen molar-refractivity contribution in [1.82, 2.24) is 25.6 Å². The summed E-state index contributed by atoms with van der Waals surface area (Å²) in [5, 5.41) is 69.8. The number of ether oxygens (including phenoxy) is 6. The zero-order valence-corrected chi connectivity index (χ0v) is 59.7. The third-order valence-electron chi connectivity index (χ3n) is 21.0. The van der Waals surface area contributed by atoms with E-state index in [0.717, 1.165) is 12.5 Å². The highest BCUT2D eigenvalue weighted by Crippen LogP contribution is 2.64. The average molecular weight is 1410 g/mol. The largest absolute Gasteiger partial charge is 0.508 e. The molecule has 25 heteroatoms. The van der Waals surface area contributed by atoms with E-state index >= 15 is 9.59 Å². The van der Waals surface area contributed by atoms with Crippen molar-refractivity contribution in [2.75, 3.05) is 45.9 Å². The summed E-state index contributed by atoms with van der Waals surface area (Å²) in [6.07, 6.45) is -10.9. The number of carbonyl (C=O) groups excluding carboxylic acids is 8. The van der Waals surface area contributed by atoms with Crippen LogP contribution in [0, 0.1) is 16.7 Å². The Bertz CT molecular complexity index is 3970. The Hall–Kier alpha value is -9.01. The fraction of sp³-hybridized carbons (Fsp3) is 0.519. The zero-order valence-electron chi connectivity index (χ0n) is 59.7. The summed E-state index contributed by atoms with van der Waals surface area (Å²) in [4.78, 5) is 118. The number of esters is 4. The Labute approximate surface area is 593 Å². The molecular formula is C77H95N5O20. The Balaban J connectivity index is 0.813. The fourth-order valence-electron chi connectivity index (χ4n) is 15.6. The number of aliphatic hydroxyl groups excluding tert-OH is 2. The maximum atomic E-state index is 15.4. The minimum atomic E-state index is -2.46. The third-order valence-corrected chi connectivity index (χ3v) is 21.0. The lowest BCUT2D eigenvalue weighted by Crippen LogP contribution is -2.81. The van der Waals surface area contributed by atoms with E-state index in [9.17, 15) is 54.3 Å². The highest BCUT2D eigenvalue weighted by Gasteiger charge is 2.78. The van der Waals surface area contributed by atoms with E-state index in [1.165, 1.54) is 45.9 Å². The number of Topliss-reactive ketones (excluding diaryl/α,β-unsaturated/α-hetero) is 1. The maximum Gasteiger partial charge on any atom is 0.408 e. The Morgan fingerprint density at radius 1 is 0.833 bits per heavy atom. The number of unbranched alkanes of at least 4 members (excludes halogenated alkanes) is 2. The summed E-state index contributed by atoms with van der Waals surface area (Å²) in [5.74, 6) is -8.21. The smallest absolute Gasteiger partial charge is 0.408 e. The van der Waals surface area contributed by atoms with Crippen LogP contribution in [0.25, 0.3) is 22.5 Å². The first-order valence-electron chi connectivity index (χ1n) is 35.0. The van der Waals surface area contributed by atoms with Crippen LogP contribution in [-0.4, -0.2) is 187 Å². The number of fused-ring (bicyclic) bond motifs is 5. The summed E-state index contributed by atoms with van der Waals surface area (Å²) in [7, 11) is 0. The Morgan fingerprint density at radius 2 is 1.50 bits per heavy atom. The fourth-order valence-corrected chi connectivity index (χ4v) is 15.6. The van der Waals surface area contributed by atoms with Crippen molar-refractivity contribution >= 4 is 47.6 Å². The molecule has 2 bridgehead atoms. The predicted octanol–water partition coefficient (Wildman–Crippen LogP) is 8.75. The van der Waals surface area contributed by atoms with Crippen molar-refractivity contribution in [3.05, 3.63) is 136 Å². The monoisotopic (exact) mass is 1410 g/mol. The molecule has 0 spiro atoms. The first-order valence-corrected chi connectivity index (χ1v) is 35.0. The molecule has 10 rings (SSSR count). The average Bonchev–Trinajstić information content (AvgIpc) is 0.723. The lowest BCUT2D eigenvalue weighted by molar-refractivity contribution is -0.346. The van der Waals surface area contributed by atoms with Crippen LogP contribution in [-0.2, 0) is 58.9 Å².